The highest BCUT2D eigenvalue weighted by Gasteiger charge is 2.08. The average molecular weight is 422 g/mol. The summed E-state index contributed by atoms with van der Waals surface area (Å²) < 4.78 is 0. The highest BCUT2D eigenvalue weighted by atomic mass is 14.1. The minimum atomic E-state index is 1.02. The van der Waals surface area contributed by atoms with Gasteiger partial charge in [-0.1, -0.05) is 188 Å². The zero-order chi connectivity index (χ0) is 22.0. The Bertz CT molecular complexity index is 270. The summed E-state index contributed by atoms with van der Waals surface area (Å²) in [4.78, 5) is 0. The zero-order valence-corrected chi connectivity index (χ0v) is 21.7. The van der Waals surface area contributed by atoms with Crippen LogP contribution in [0, 0.1) is 12.8 Å². The minimum absolute atomic E-state index is 1.02. The topological polar surface area (TPSA) is 0 Å². The summed E-state index contributed by atoms with van der Waals surface area (Å²) in [6, 6.07) is 0. The van der Waals surface area contributed by atoms with Gasteiger partial charge in [0, 0.05) is 0 Å². The van der Waals surface area contributed by atoms with Crippen LogP contribution >= 0.6 is 0 Å². The van der Waals surface area contributed by atoms with E-state index in [4.69, 9.17) is 0 Å². The molecule has 0 heterocycles. The van der Waals surface area contributed by atoms with Crippen molar-refractivity contribution < 1.29 is 0 Å². The molecule has 0 spiro atoms. The Morgan fingerprint density at radius 3 is 0.967 bits per heavy atom. The normalized spacial score (nSPS) is 11.6. The van der Waals surface area contributed by atoms with E-state index >= 15 is 0 Å². The quantitative estimate of drug-likeness (QED) is 0.122. The Hall–Kier alpha value is 0. The molecule has 0 rings (SSSR count). The van der Waals surface area contributed by atoms with E-state index in [1.165, 1.54) is 161 Å². The number of rotatable bonds is 26. The number of unbranched alkanes of at least 4 members (excludes halogenated alkanes) is 20. The summed E-state index contributed by atoms with van der Waals surface area (Å²) in [6.45, 7) is 8.63. The first kappa shape index (κ1) is 30.0. The van der Waals surface area contributed by atoms with E-state index in [1.807, 2.05) is 0 Å². The van der Waals surface area contributed by atoms with E-state index in [0.717, 1.165) is 12.3 Å². The van der Waals surface area contributed by atoms with Crippen LogP contribution in [0.25, 0.3) is 0 Å². The molecule has 0 saturated carbocycles. The maximum Gasteiger partial charge on any atom is -0.0414 e. The van der Waals surface area contributed by atoms with Gasteiger partial charge in [-0.3, -0.25) is 0 Å². The van der Waals surface area contributed by atoms with E-state index in [9.17, 15) is 0 Å². The molecule has 0 aromatic heterocycles. The third-order valence-corrected chi connectivity index (χ3v) is 7.04. The highest BCUT2D eigenvalue weighted by molar-refractivity contribution is 4.62. The van der Waals surface area contributed by atoms with Gasteiger partial charge in [0.2, 0.25) is 0 Å². The smallest absolute Gasteiger partial charge is 0.0414 e. The van der Waals surface area contributed by atoms with Crippen molar-refractivity contribution in [3.8, 4) is 0 Å². The van der Waals surface area contributed by atoms with E-state index < -0.39 is 0 Å². The Morgan fingerprint density at radius 2 is 0.633 bits per heavy atom. The van der Waals surface area contributed by atoms with Crippen molar-refractivity contribution in [3.63, 3.8) is 0 Å². The molecule has 0 aliphatic heterocycles. The van der Waals surface area contributed by atoms with Gasteiger partial charge in [-0.25, -0.2) is 0 Å². The van der Waals surface area contributed by atoms with E-state index in [2.05, 4.69) is 20.8 Å². The second-order valence-corrected chi connectivity index (χ2v) is 10.2. The fraction of sp³-hybridized carbons (Fsp3) is 0.967. The van der Waals surface area contributed by atoms with Crippen LogP contribution in [0.15, 0.2) is 0 Å². The minimum Gasteiger partial charge on any atom is -0.0654 e. The van der Waals surface area contributed by atoms with Gasteiger partial charge in [0.15, 0.2) is 0 Å². The Balaban J connectivity index is 3.47. The lowest BCUT2D eigenvalue weighted by molar-refractivity contribution is 0.367. The molecule has 0 nitrogen and oxygen atoms in total. The second kappa shape index (κ2) is 27.0. The van der Waals surface area contributed by atoms with Crippen molar-refractivity contribution in [3.05, 3.63) is 6.92 Å². The summed E-state index contributed by atoms with van der Waals surface area (Å²) in [7, 11) is 0. The van der Waals surface area contributed by atoms with Crippen LogP contribution in [0.2, 0.25) is 0 Å². The molecule has 0 saturated heterocycles. The molecule has 0 amide bonds. The molecule has 1 radical (unpaired) electrons. The lowest BCUT2D eigenvalue weighted by Gasteiger charge is -2.17. The van der Waals surface area contributed by atoms with Crippen LogP contribution in [-0.4, -0.2) is 0 Å². The fourth-order valence-corrected chi connectivity index (χ4v) is 4.88. The van der Waals surface area contributed by atoms with Crippen molar-refractivity contribution in [1.82, 2.24) is 0 Å². The van der Waals surface area contributed by atoms with Gasteiger partial charge in [0.1, 0.15) is 0 Å². The van der Waals surface area contributed by atoms with Crippen LogP contribution in [0.1, 0.15) is 181 Å². The SMILES string of the molecule is [CH2]CCCCCC(CCCCCC)CCCCCCCCCCCCCCCCC. The third kappa shape index (κ3) is 24.3. The zero-order valence-electron chi connectivity index (χ0n) is 21.7. The predicted molar refractivity (Wildman–Crippen MR) is 140 cm³/mol. The van der Waals surface area contributed by atoms with E-state index in [1.54, 1.807) is 0 Å². The lowest BCUT2D eigenvalue weighted by Crippen LogP contribution is -2.01. The van der Waals surface area contributed by atoms with Gasteiger partial charge in [-0.15, -0.1) is 0 Å². The van der Waals surface area contributed by atoms with Crippen LogP contribution in [-0.2, 0) is 0 Å². The fourth-order valence-electron chi connectivity index (χ4n) is 4.88. The van der Waals surface area contributed by atoms with Gasteiger partial charge >= 0.3 is 0 Å². The first-order chi connectivity index (χ1) is 14.8. The second-order valence-electron chi connectivity index (χ2n) is 10.2. The van der Waals surface area contributed by atoms with Crippen molar-refractivity contribution in [2.75, 3.05) is 0 Å². The molecule has 0 aliphatic carbocycles. The van der Waals surface area contributed by atoms with Crippen molar-refractivity contribution >= 4 is 0 Å². The Morgan fingerprint density at radius 1 is 0.367 bits per heavy atom. The molecular formula is C30H61. The van der Waals surface area contributed by atoms with Gasteiger partial charge in [-0.05, 0) is 5.92 Å². The first-order valence-electron chi connectivity index (χ1n) is 14.6. The molecular weight excluding hydrogens is 360 g/mol. The van der Waals surface area contributed by atoms with Crippen LogP contribution < -0.4 is 0 Å². The molecule has 0 aromatic rings. The van der Waals surface area contributed by atoms with Gasteiger partial charge in [0.05, 0.1) is 0 Å². The summed E-state index contributed by atoms with van der Waals surface area (Å²) in [6.07, 6.45) is 37.7. The number of hydrogen-bond acceptors (Lipinski definition) is 0. The van der Waals surface area contributed by atoms with Crippen LogP contribution in [0.4, 0.5) is 0 Å². The van der Waals surface area contributed by atoms with Gasteiger partial charge in [0.25, 0.3) is 0 Å². The molecule has 0 aliphatic rings. The third-order valence-electron chi connectivity index (χ3n) is 7.04. The largest absolute Gasteiger partial charge is 0.0654 e. The van der Waals surface area contributed by atoms with Crippen molar-refractivity contribution in [2.24, 2.45) is 5.92 Å². The standard InChI is InChI=1S/C30H61/c1-4-7-10-13-14-15-16-17-18-19-20-21-22-23-26-29-30(27-24-11-8-5-2)28-25-12-9-6-3/h30H,2,4-29H2,1,3H3. The van der Waals surface area contributed by atoms with E-state index in [-0.39, 0.29) is 0 Å². The monoisotopic (exact) mass is 421 g/mol. The Kier molecular flexibility index (Phi) is 27.0. The molecule has 0 N–H and O–H groups in total. The molecule has 0 fully saturated rings. The average Bonchev–Trinajstić information content (AvgIpc) is 2.76. The molecule has 1 atom stereocenters. The summed E-state index contributed by atoms with van der Waals surface area (Å²) in [5, 5.41) is 0. The lowest BCUT2D eigenvalue weighted by atomic mass is 9.89. The first-order valence-corrected chi connectivity index (χ1v) is 14.6. The molecule has 181 valence electrons. The summed E-state index contributed by atoms with van der Waals surface area (Å²) in [5.41, 5.74) is 0. The van der Waals surface area contributed by atoms with Crippen molar-refractivity contribution in [2.45, 2.75) is 181 Å². The molecule has 1 unspecified atom stereocenters. The van der Waals surface area contributed by atoms with Gasteiger partial charge in [-0.2, -0.15) is 0 Å². The van der Waals surface area contributed by atoms with Crippen molar-refractivity contribution in [1.29, 1.82) is 0 Å². The molecule has 0 bridgehead atoms. The summed E-state index contributed by atoms with van der Waals surface area (Å²) >= 11 is 0. The molecule has 30 heavy (non-hydrogen) atoms. The summed E-state index contributed by atoms with van der Waals surface area (Å²) in [5.74, 6) is 1.02. The van der Waals surface area contributed by atoms with Gasteiger partial charge < -0.3 is 0 Å². The maximum atomic E-state index is 3.99. The molecule has 0 aromatic carbocycles. The highest BCUT2D eigenvalue weighted by Crippen LogP contribution is 2.24. The maximum absolute atomic E-state index is 3.99. The van der Waals surface area contributed by atoms with Crippen LogP contribution in [0.3, 0.4) is 0 Å². The Labute approximate surface area is 193 Å². The predicted octanol–water partition coefficient (Wildman–Crippen LogP) is 11.6. The van der Waals surface area contributed by atoms with E-state index in [0.29, 0.717) is 0 Å². The number of hydrogen-bond donors (Lipinski definition) is 0. The molecule has 0 heteroatoms. The van der Waals surface area contributed by atoms with Crippen LogP contribution in [0.5, 0.6) is 0 Å².